The number of amides is 1. The predicted octanol–water partition coefficient (Wildman–Crippen LogP) is 3.69. The first-order valence-electron chi connectivity index (χ1n) is 8.19. The molecule has 140 valence electrons. The molecule has 2 aromatic carbocycles. The molecule has 0 saturated carbocycles. The van der Waals surface area contributed by atoms with E-state index < -0.39 is 16.1 Å². The van der Waals surface area contributed by atoms with E-state index in [-0.39, 0.29) is 17.8 Å². The molecule has 0 aromatic heterocycles. The number of anilines is 1. The second-order valence-electron chi connectivity index (χ2n) is 6.09. The molecule has 0 saturated heterocycles. The minimum atomic E-state index is -3.88. The van der Waals surface area contributed by atoms with Gasteiger partial charge in [-0.1, -0.05) is 48.0 Å². The summed E-state index contributed by atoms with van der Waals surface area (Å²) in [6, 6.07) is 14.3. The monoisotopic (exact) mass is 403 g/mol. The summed E-state index contributed by atoms with van der Waals surface area (Å²) in [6.07, 6.45) is 1.32. The summed E-state index contributed by atoms with van der Waals surface area (Å²) in [4.78, 5) is 12.7. The lowest BCUT2D eigenvalue weighted by atomic mass is 10.1. The van der Waals surface area contributed by atoms with Crippen molar-refractivity contribution in [1.82, 2.24) is 4.31 Å². The van der Waals surface area contributed by atoms with E-state index in [1.165, 1.54) is 13.1 Å². The topological polar surface area (TPSA) is 78.8 Å². The van der Waals surface area contributed by atoms with Gasteiger partial charge in [0.15, 0.2) is 0 Å². The fourth-order valence-corrected chi connectivity index (χ4v) is 3.90. The van der Waals surface area contributed by atoms with Gasteiger partial charge in [0, 0.05) is 16.9 Å². The number of carbonyl (C=O) groups is 1. The highest BCUT2D eigenvalue weighted by Crippen LogP contribution is 2.25. The smallest absolute Gasteiger partial charge is 0.322 e. The Bertz CT molecular complexity index is 1050. The van der Waals surface area contributed by atoms with Crippen LogP contribution in [0, 0.1) is 6.92 Å². The number of carbonyl (C=O) groups excluding carboxylic acids is 1. The summed E-state index contributed by atoms with van der Waals surface area (Å²) in [5.41, 5.74) is 2.39. The van der Waals surface area contributed by atoms with Crippen molar-refractivity contribution in [2.75, 3.05) is 5.32 Å². The second-order valence-corrected chi connectivity index (χ2v) is 8.05. The van der Waals surface area contributed by atoms with Gasteiger partial charge in [-0.2, -0.15) is 8.42 Å². The van der Waals surface area contributed by atoms with Crippen molar-refractivity contribution < 1.29 is 13.2 Å². The van der Waals surface area contributed by atoms with Crippen molar-refractivity contribution >= 4 is 39.1 Å². The first kappa shape index (κ1) is 19.1. The van der Waals surface area contributed by atoms with Gasteiger partial charge in [0.1, 0.15) is 0 Å². The number of hydrogen-bond donors (Lipinski definition) is 1. The molecule has 2 aromatic rings. The zero-order chi connectivity index (χ0) is 19.6. The Morgan fingerprint density at radius 1 is 1.11 bits per heavy atom. The summed E-state index contributed by atoms with van der Waals surface area (Å²) in [7, 11) is -3.88. The van der Waals surface area contributed by atoms with E-state index in [2.05, 4.69) is 9.71 Å². The van der Waals surface area contributed by atoms with Gasteiger partial charge in [0.25, 0.3) is 5.91 Å². The van der Waals surface area contributed by atoms with Crippen LogP contribution in [0.1, 0.15) is 18.1 Å². The molecule has 1 amide bonds. The minimum Gasteiger partial charge on any atom is -0.322 e. The number of benzene rings is 2. The van der Waals surface area contributed by atoms with E-state index in [1.54, 1.807) is 25.1 Å². The third-order valence-electron chi connectivity index (χ3n) is 4.15. The van der Waals surface area contributed by atoms with E-state index in [0.29, 0.717) is 10.7 Å². The van der Waals surface area contributed by atoms with E-state index >= 15 is 0 Å². The van der Waals surface area contributed by atoms with Crippen molar-refractivity contribution in [3.05, 3.63) is 76.5 Å². The van der Waals surface area contributed by atoms with Crippen LogP contribution in [0.4, 0.5) is 5.69 Å². The first-order valence-corrected chi connectivity index (χ1v) is 9.96. The van der Waals surface area contributed by atoms with Crippen molar-refractivity contribution in [2.24, 2.45) is 4.40 Å². The maximum Gasteiger partial charge on any atom is 0.344 e. The van der Waals surface area contributed by atoms with Crippen LogP contribution in [0.5, 0.6) is 0 Å². The number of halogens is 1. The number of nitrogens with one attached hydrogen (secondary N) is 1. The lowest BCUT2D eigenvalue weighted by Gasteiger charge is -2.24. The zero-order valence-corrected chi connectivity index (χ0v) is 16.4. The molecule has 0 bridgehead atoms. The first-order chi connectivity index (χ1) is 12.8. The van der Waals surface area contributed by atoms with E-state index in [0.717, 1.165) is 15.4 Å². The second kappa shape index (κ2) is 7.54. The average molecular weight is 404 g/mol. The van der Waals surface area contributed by atoms with Gasteiger partial charge in [-0.05, 0) is 37.1 Å². The summed E-state index contributed by atoms with van der Waals surface area (Å²) >= 11 is 6.09. The Hall–Kier alpha value is -2.64. The van der Waals surface area contributed by atoms with Crippen LogP contribution in [0.3, 0.4) is 0 Å². The van der Waals surface area contributed by atoms with Crippen molar-refractivity contribution in [2.45, 2.75) is 20.4 Å². The fourth-order valence-electron chi connectivity index (χ4n) is 2.62. The number of nitrogens with zero attached hydrogens (tertiary/aromatic N) is 2. The molecule has 1 N–H and O–H groups in total. The highest BCUT2D eigenvalue weighted by molar-refractivity contribution is 7.88. The highest BCUT2D eigenvalue weighted by Gasteiger charge is 2.28. The predicted molar refractivity (Wildman–Crippen MR) is 107 cm³/mol. The van der Waals surface area contributed by atoms with Crippen LogP contribution >= 0.6 is 11.6 Å². The van der Waals surface area contributed by atoms with Crippen LogP contribution in [0.15, 0.2) is 64.7 Å². The molecule has 1 aliphatic rings. The fraction of sp³-hybridized carbons (Fsp3) is 0.158. The lowest BCUT2D eigenvalue weighted by molar-refractivity contribution is -0.112. The van der Waals surface area contributed by atoms with Gasteiger partial charge in [0.05, 0.1) is 17.8 Å². The Morgan fingerprint density at radius 3 is 2.52 bits per heavy atom. The molecule has 3 rings (SSSR count). The largest absolute Gasteiger partial charge is 0.344 e. The highest BCUT2D eigenvalue weighted by atomic mass is 35.5. The molecule has 0 aliphatic carbocycles. The van der Waals surface area contributed by atoms with Crippen LogP contribution < -0.4 is 5.32 Å². The normalized spacial score (nSPS) is 15.7. The van der Waals surface area contributed by atoms with E-state index in [4.69, 9.17) is 11.6 Å². The molecule has 0 spiro atoms. The lowest BCUT2D eigenvalue weighted by Crippen LogP contribution is -2.32. The Balaban J connectivity index is 1.89. The molecule has 1 aliphatic heterocycles. The van der Waals surface area contributed by atoms with Crippen LogP contribution in [-0.4, -0.2) is 24.3 Å². The molecular weight excluding hydrogens is 386 g/mol. The summed E-state index contributed by atoms with van der Waals surface area (Å²) in [6.45, 7) is 3.38. The van der Waals surface area contributed by atoms with Gasteiger partial charge < -0.3 is 5.32 Å². The Morgan fingerprint density at radius 2 is 1.81 bits per heavy atom. The van der Waals surface area contributed by atoms with Gasteiger partial charge in [-0.3, -0.25) is 9.10 Å². The quantitative estimate of drug-likeness (QED) is 0.845. The summed E-state index contributed by atoms with van der Waals surface area (Å²) in [5.74, 6) is -0.449. The van der Waals surface area contributed by atoms with Gasteiger partial charge in [-0.25, -0.2) is 0 Å². The third-order valence-corrected chi connectivity index (χ3v) is 5.89. The number of rotatable bonds is 4. The van der Waals surface area contributed by atoms with Crippen molar-refractivity contribution in [3.8, 4) is 0 Å². The molecule has 1 heterocycles. The Kier molecular flexibility index (Phi) is 5.34. The maximum absolute atomic E-state index is 12.7. The van der Waals surface area contributed by atoms with E-state index in [9.17, 15) is 13.2 Å². The van der Waals surface area contributed by atoms with Crippen molar-refractivity contribution in [3.63, 3.8) is 0 Å². The zero-order valence-electron chi connectivity index (χ0n) is 14.8. The summed E-state index contributed by atoms with van der Waals surface area (Å²) < 4.78 is 29.5. The van der Waals surface area contributed by atoms with Gasteiger partial charge >= 0.3 is 10.2 Å². The maximum atomic E-state index is 12.7. The molecule has 0 atom stereocenters. The standard InChI is InChI=1S/C19H18ClN3O3S/c1-13-17(20)9-6-10-18(13)21-19(24)16-12-23(27(25,26)22-14(16)2)11-15-7-4-3-5-8-15/h3-10,12H,11H2,1-2H3,(H,21,24). The molecule has 8 heteroatoms. The summed E-state index contributed by atoms with van der Waals surface area (Å²) in [5, 5.41) is 3.30. The van der Waals surface area contributed by atoms with Gasteiger partial charge in [-0.15, -0.1) is 4.40 Å². The molecule has 27 heavy (non-hydrogen) atoms. The minimum absolute atomic E-state index is 0.0902. The molecular formula is C19H18ClN3O3S. The van der Waals surface area contributed by atoms with Crippen LogP contribution in [-0.2, 0) is 21.5 Å². The SMILES string of the molecule is CC1=NS(=O)(=O)N(Cc2ccccc2)C=C1C(=O)Nc1cccc(Cl)c1C. The van der Waals surface area contributed by atoms with Gasteiger partial charge in [0.2, 0.25) is 0 Å². The van der Waals surface area contributed by atoms with Crippen LogP contribution in [0.2, 0.25) is 5.02 Å². The molecule has 0 unspecified atom stereocenters. The average Bonchev–Trinajstić information content (AvgIpc) is 2.61. The molecule has 6 nitrogen and oxygen atoms in total. The molecule has 0 fully saturated rings. The van der Waals surface area contributed by atoms with Crippen molar-refractivity contribution in [1.29, 1.82) is 0 Å². The molecule has 0 radical (unpaired) electrons. The third kappa shape index (κ3) is 4.20. The Labute approximate surface area is 163 Å². The van der Waals surface area contributed by atoms with Crippen LogP contribution in [0.25, 0.3) is 0 Å². The number of hydrogen-bond acceptors (Lipinski definition) is 3. The van der Waals surface area contributed by atoms with E-state index in [1.807, 2.05) is 30.3 Å².